The van der Waals surface area contributed by atoms with Gasteiger partial charge in [0, 0.05) is 22.6 Å². The second kappa shape index (κ2) is 14.3. The smallest absolute Gasteiger partial charge is 0.210 e. The van der Waals surface area contributed by atoms with Crippen LogP contribution in [0.25, 0.3) is 16.7 Å². The molecule has 2 unspecified atom stereocenters. The molecule has 5 nitrogen and oxygen atoms in total. The molecule has 0 saturated heterocycles. The van der Waals surface area contributed by atoms with E-state index in [0.29, 0.717) is 29.0 Å². The van der Waals surface area contributed by atoms with Crippen molar-refractivity contribution in [2.75, 3.05) is 0 Å². The third-order valence-corrected chi connectivity index (χ3v) is 8.67. The molecule has 0 aromatic heterocycles. The van der Waals surface area contributed by atoms with E-state index in [4.69, 9.17) is 0 Å². The summed E-state index contributed by atoms with van der Waals surface area (Å²) in [4.78, 5) is 26.9. The van der Waals surface area contributed by atoms with Crippen LogP contribution in [0.3, 0.4) is 0 Å². The highest BCUT2D eigenvalue weighted by Gasteiger charge is 2.31. The summed E-state index contributed by atoms with van der Waals surface area (Å²) in [7, 11) is 0. The van der Waals surface area contributed by atoms with Crippen molar-refractivity contribution in [3.05, 3.63) is 95.1 Å². The van der Waals surface area contributed by atoms with Gasteiger partial charge in [-0.25, -0.2) is 0 Å². The molecule has 3 aromatic carbocycles. The van der Waals surface area contributed by atoms with Crippen molar-refractivity contribution in [2.24, 2.45) is 11.1 Å². The number of benzene rings is 3. The molecule has 0 spiro atoms. The molecule has 3 aromatic rings. The van der Waals surface area contributed by atoms with Crippen molar-refractivity contribution >= 4 is 22.9 Å². The first-order valence-electron chi connectivity index (χ1n) is 15.4. The highest BCUT2D eigenvalue weighted by Crippen LogP contribution is 2.49. The van der Waals surface area contributed by atoms with E-state index in [1.807, 2.05) is 36.4 Å². The molecule has 0 amide bonds. The quantitative estimate of drug-likeness (QED) is 0.0670. The van der Waals surface area contributed by atoms with Crippen LogP contribution in [0.15, 0.2) is 72.4 Å². The van der Waals surface area contributed by atoms with Crippen LogP contribution in [0.5, 0.6) is 5.75 Å². The van der Waals surface area contributed by atoms with Crippen LogP contribution in [0.4, 0.5) is 0 Å². The molecule has 1 aliphatic carbocycles. The Morgan fingerprint density at radius 3 is 2.17 bits per heavy atom. The summed E-state index contributed by atoms with van der Waals surface area (Å²) in [5.74, 6) is 0.354. The summed E-state index contributed by atoms with van der Waals surface area (Å²) in [5, 5.41) is 22.7. The number of phenolic OH excluding ortho intramolecular Hbond substituents is 1. The third-order valence-electron chi connectivity index (χ3n) is 8.67. The van der Waals surface area contributed by atoms with Gasteiger partial charge in [0.15, 0.2) is 5.78 Å². The lowest BCUT2D eigenvalue weighted by Gasteiger charge is -2.33. The fourth-order valence-corrected chi connectivity index (χ4v) is 6.08. The number of phenols is 1. The minimum atomic E-state index is -0.274. The number of Topliss-reactive ketones (excluding diaryl/α,β-unsaturated/α-hetero) is 1. The average Bonchev–Trinajstić information content (AvgIpc) is 3.02. The van der Waals surface area contributed by atoms with Crippen LogP contribution in [-0.4, -0.2) is 27.6 Å². The van der Waals surface area contributed by atoms with Gasteiger partial charge in [0.2, 0.25) is 5.78 Å². The number of hydrogen-bond acceptors (Lipinski definition) is 5. The Bertz CT molecular complexity index is 1470. The van der Waals surface area contributed by atoms with E-state index in [9.17, 15) is 19.9 Å². The second-order valence-electron chi connectivity index (χ2n) is 11.5. The van der Waals surface area contributed by atoms with Crippen molar-refractivity contribution < 1.29 is 19.9 Å². The molecule has 220 valence electrons. The van der Waals surface area contributed by atoms with Gasteiger partial charge in [-0.3, -0.25) is 9.59 Å². The van der Waals surface area contributed by atoms with Gasteiger partial charge in [0.05, 0.1) is 0 Å². The first-order valence-corrected chi connectivity index (χ1v) is 15.4. The van der Waals surface area contributed by atoms with Gasteiger partial charge >= 0.3 is 0 Å². The molecule has 0 saturated carbocycles. The zero-order valence-electron chi connectivity index (χ0n) is 25.2. The van der Waals surface area contributed by atoms with Gasteiger partial charge in [-0.15, -0.1) is 0 Å². The van der Waals surface area contributed by atoms with E-state index in [0.717, 1.165) is 66.4 Å². The van der Waals surface area contributed by atoms with E-state index in [-0.39, 0.29) is 28.9 Å². The molecule has 0 bridgehead atoms. The molecule has 2 atom stereocenters. The van der Waals surface area contributed by atoms with Gasteiger partial charge in [-0.2, -0.15) is 0 Å². The summed E-state index contributed by atoms with van der Waals surface area (Å²) >= 11 is 0. The monoisotopic (exact) mass is 565 g/mol. The maximum Gasteiger partial charge on any atom is 0.210 e. The maximum atomic E-state index is 13.5. The number of rotatable bonds is 14. The number of fused-ring (bicyclic) bond motifs is 3. The fourth-order valence-electron chi connectivity index (χ4n) is 6.08. The van der Waals surface area contributed by atoms with E-state index in [2.05, 4.69) is 32.5 Å². The average molecular weight is 566 g/mol. The van der Waals surface area contributed by atoms with Gasteiger partial charge in [-0.1, -0.05) is 95.3 Å². The fraction of sp³-hybridized carbons (Fsp3) is 0.378. The van der Waals surface area contributed by atoms with Crippen LogP contribution in [0.1, 0.15) is 122 Å². The Morgan fingerprint density at radius 2 is 1.50 bits per heavy atom. The molecule has 0 fully saturated rings. The minimum absolute atomic E-state index is 0.104. The predicted octanol–water partition coefficient (Wildman–Crippen LogP) is 9.60. The second-order valence-corrected chi connectivity index (χ2v) is 11.5. The standard InChI is InChI=1S/C37H43NO4/c1-5-8-10-12-35(38-42)37(41)28-16-20-31-32(21-25(7-3)11-9-6-2)24(4)30-19-15-27(22-33(30)34(31)23-28)36(40)26-13-17-29(39)18-14-26/h13-20,22-23,25,32,39,42H,4-12,21H2,1-3H3/b38-35-. The van der Waals surface area contributed by atoms with Crippen LogP contribution >= 0.6 is 0 Å². The van der Waals surface area contributed by atoms with Crippen molar-refractivity contribution in [3.8, 4) is 16.9 Å². The number of hydrogen-bond donors (Lipinski definition) is 2. The number of carbonyl (C=O) groups is 2. The Hall–Kier alpha value is -3.99. The molecular weight excluding hydrogens is 522 g/mol. The van der Waals surface area contributed by atoms with Crippen LogP contribution in [0.2, 0.25) is 0 Å². The lowest BCUT2D eigenvalue weighted by atomic mass is 9.71. The normalized spacial score (nSPS) is 15.2. The summed E-state index contributed by atoms with van der Waals surface area (Å²) in [6.07, 6.45) is 8.78. The predicted molar refractivity (Wildman–Crippen MR) is 171 cm³/mol. The molecule has 2 N–H and O–H groups in total. The first kappa shape index (κ1) is 31.0. The van der Waals surface area contributed by atoms with E-state index in [1.165, 1.54) is 25.0 Å². The third kappa shape index (κ3) is 6.73. The van der Waals surface area contributed by atoms with Gasteiger partial charge in [-0.05, 0) is 89.4 Å². The van der Waals surface area contributed by atoms with Crippen molar-refractivity contribution in [3.63, 3.8) is 0 Å². The SMILES string of the molecule is C=C1c2ccc(C(=O)c3ccc(O)cc3)cc2-c2cc(C(=O)/C(CCCCC)=N\O)ccc2C1CC(CC)CCCC. The summed E-state index contributed by atoms with van der Waals surface area (Å²) in [5.41, 5.74) is 6.59. The molecule has 0 aliphatic heterocycles. The van der Waals surface area contributed by atoms with Crippen LogP contribution in [0, 0.1) is 5.92 Å². The van der Waals surface area contributed by atoms with Crippen molar-refractivity contribution in [1.82, 2.24) is 0 Å². The van der Waals surface area contributed by atoms with E-state index in [1.54, 1.807) is 12.1 Å². The number of nitrogens with zero attached hydrogens (tertiary/aromatic N) is 1. The number of allylic oxidation sites excluding steroid dienone is 1. The summed E-state index contributed by atoms with van der Waals surface area (Å²) < 4.78 is 0. The lowest BCUT2D eigenvalue weighted by molar-refractivity contribution is 0.103. The van der Waals surface area contributed by atoms with Gasteiger partial charge < -0.3 is 10.3 Å². The maximum absolute atomic E-state index is 13.5. The van der Waals surface area contributed by atoms with Crippen molar-refractivity contribution in [2.45, 2.75) is 84.5 Å². The number of aromatic hydroxyl groups is 1. The first-order chi connectivity index (χ1) is 20.3. The highest BCUT2D eigenvalue weighted by atomic mass is 16.4. The van der Waals surface area contributed by atoms with Crippen molar-refractivity contribution in [1.29, 1.82) is 0 Å². The largest absolute Gasteiger partial charge is 0.508 e. The number of carbonyl (C=O) groups excluding carboxylic acids is 2. The number of unbranched alkanes of at least 4 members (excludes halogenated alkanes) is 3. The van der Waals surface area contributed by atoms with Crippen LogP contribution in [-0.2, 0) is 0 Å². The Kier molecular flexibility index (Phi) is 10.5. The van der Waals surface area contributed by atoms with Gasteiger partial charge in [0.1, 0.15) is 11.5 Å². The zero-order valence-corrected chi connectivity index (χ0v) is 25.2. The number of oxime groups is 1. The van der Waals surface area contributed by atoms with Crippen LogP contribution < -0.4 is 0 Å². The molecular formula is C37H43NO4. The molecule has 4 rings (SSSR count). The molecule has 42 heavy (non-hydrogen) atoms. The summed E-state index contributed by atoms with van der Waals surface area (Å²) in [6, 6.07) is 17.8. The molecule has 0 radical (unpaired) electrons. The molecule has 5 heteroatoms. The lowest BCUT2D eigenvalue weighted by Crippen LogP contribution is -2.18. The molecule has 0 heterocycles. The van der Waals surface area contributed by atoms with Gasteiger partial charge in [0.25, 0.3) is 0 Å². The van der Waals surface area contributed by atoms with E-state index < -0.39 is 0 Å². The molecule has 1 aliphatic rings. The Morgan fingerprint density at radius 1 is 0.833 bits per heavy atom. The summed E-state index contributed by atoms with van der Waals surface area (Å²) in [6.45, 7) is 11.1. The zero-order chi connectivity index (χ0) is 30.2. The van der Waals surface area contributed by atoms with E-state index >= 15 is 0 Å². The Labute approximate surface area is 250 Å². The number of ketones is 2. The Balaban J connectivity index is 1.79. The minimum Gasteiger partial charge on any atom is -0.508 e. The topological polar surface area (TPSA) is 87.0 Å². The highest BCUT2D eigenvalue weighted by molar-refractivity contribution is 6.46.